The van der Waals surface area contributed by atoms with Gasteiger partial charge in [-0.3, -0.25) is 0 Å². The molecule has 0 aromatic heterocycles. The standard InChI is InChI=1S/C23H23N3O4/c1-28-19-8-5-15(11-21(19)29-2)22-17-7-6-16(27)12-20(17)30-23(18(22)13-24)25-14-26-9-3-4-10-26/h5-8,11-12,14,22,27H,3-4,9-10H2,1-2H3/t22-/m1/s1. The molecule has 2 aliphatic rings. The molecule has 1 atom stereocenters. The smallest absolute Gasteiger partial charge is 0.235 e. The van der Waals surface area contributed by atoms with Gasteiger partial charge in [-0.2, -0.15) is 5.26 Å². The average Bonchev–Trinajstić information content (AvgIpc) is 3.29. The van der Waals surface area contributed by atoms with E-state index in [0.717, 1.165) is 37.1 Å². The summed E-state index contributed by atoms with van der Waals surface area (Å²) in [6, 6.07) is 12.7. The van der Waals surface area contributed by atoms with Crippen LogP contribution in [0.4, 0.5) is 0 Å². The molecule has 2 aromatic rings. The van der Waals surface area contributed by atoms with Crippen LogP contribution < -0.4 is 14.2 Å². The van der Waals surface area contributed by atoms with Crippen LogP contribution >= 0.6 is 0 Å². The van der Waals surface area contributed by atoms with Crippen molar-refractivity contribution in [1.29, 1.82) is 5.26 Å². The van der Waals surface area contributed by atoms with Crippen LogP contribution in [-0.4, -0.2) is 43.7 Å². The molecule has 0 saturated carbocycles. The fourth-order valence-electron chi connectivity index (χ4n) is 3.87. The van der Waals surface area contributed by atoms with Crippen LogP contribution in [0.5, 0.6) is 23.0 Å². The molecule has 0 radical (unpaired) electrons. The highest BCUT2D eigenvalue weighted by Crippen LogP contribution is 2.45. The van der Waals surface area contributed by atoms with Gasteiger partial charge in [-0.1, -0.05) is 12.1 Å². The summed E-state index contributed by atoms with van der Waals surface area (Å²) in [5, 5.41) is 20.0. The van der Waals surface area contributed by atoms with Gasteiger partial charge in [-0.15, -0.1) is 0 Å². The van der Waals surface area contributed by atoms with Gasteiger partial charge in [0.2, 0.25) is 5.88 Å². The summed E-state index contributed by atoms with van der Waals surface area (Å²) in [5.74, 6) is 1.56. The van der Waals surface area contributed by atoms with E-state index in [2.05, 4.69) is 16.0 Å². The normalized spacial score (nSPS) is 18.2. The zero-order valence-electron chi connectivity index (χ0n) is 17.0. The van der Waals surface area contributed by atoms with E-state index < -0.39 is 5.92 Å². The monoisotopic (exact) mass is 405 g/mol. The Morgan fingerprint density at radius 3 is 2.60 bits per heavy atom. The Kier molecular flexibility index (Phi) is 5.48. The number of allylic oxidation sites excluding steroid dienone is 1. The first kappa shape index (κ1) is 19.6. The number of ether oxygens (including phenoxy) is 3. The van der Waals surface area contributed by atoms with Crippen LogP contribution in [0.3, 0.4) is 0 Å². The van der Waals surface area contributed by atoms with Crippen molar-refractivity contribution in [2.24, 2.45) is 4.99 Å². The van der Waals surface area contributed by atoms with Crippen molar-refractivity contribution in [3.63, 3.8) is 0 Å². The van der Waals surface area contributed by atoms with E-state index >= 15 is 0 Å². The second-order valence-corrected chi connectivity index (χ2v) is 7.19. The predicted molar refractivity (Wildman–Crippen MR) is 112 cm³/mol. The summed E-state index contributed by atoms with van der Waals surface area (Å²) in [6.07, 6.45) is 3.99. The van der Waals surface area contributed by atoms with Crippen LogP contribution in [0.15, 0.2) is 52.8 Å². The van der Waals surface area contributed by atoms with Crippen LogP contribution in [0.25, 0.3) is 0 Å². The Morgan fingerprint density at radius 1 is 1.13 bits per heavy atom. The molecule has 154 valence electrons. The maximum atomic E-state index is 10.0. The molecule has 4 rings (SSSR count). The number of hydrogen-bond acceptors (Lipinski definition) is 6. The van der Waals surface area contributed by atoms with Gasteiger partial charge < -0.3 is 24.2 Å². The van der Waals surface area contributed by atoms with Crippen molar-refractivity contribution in [2.75, 3.05) is 27.3 Å². The van der Waals surface area contributed by atoms with Gasteiger partial charge >= 0.3 is 0 Å². The minimum Gasteiger partial charge on any atom is -0.508 e. The topological polar surface area (TPSA) is 87.3 Å². The lowest BCUT2D eigenvalue weighted by Crippen LogP contribution is -2.19. The van der Waals surface area contributed by atoms with Gasteiger partial charge in [-0.05, 0) is 36.6 Å². The Labute approximate surface area is 175 Å². The number of aliphatic imine (C=N–C) groups is 1. The minimum atomic E-state index is -0.412. The van der Waals surface area contributed by atoms with Crippen molar-refractivity contribution >= 4 is 6.34 Å². The number of methoxy groups -OCH3 is 2. The Hall–Kier alpha value is -3.66. The number of benzene rings is 2. The molecule has 2 heterocycles. The molecular weight excluding hydrogens is 382 g/mol. The number of hydrogen-bond donors (Lipinski definition) is 1. The highest BCUT2D eigenvalue weighted by molar-refractivity contribution is 5.62. The van der Waals surface area contributed by atoms with E-state index in [4.69, 9.17) is 14.2 Å². The lowest BCUT2D eigenvalue weighted by molar-refractivity contribution is 0.354. The molecule has 0 aliphatic carbocycles. The molecule has 0 amide bonds. The third-order valence-electron chi connectivity index (χ3n) is 5.37. The highest BCUT2D eigenvalue weighted by atomic mass is 16.5. The van der Waals surface area contributed by atoms with Gasteiger partial charge in [0.25, 0.3) is 0 Å². The third kappa shape index (κ3) is 3.64. The van der Waals surface area contributed by atoms with Gasteiger partial charge in [0.05, 0.1) is 26.5 Å². The maximum absolute atomic E-state index is 10.0. The molecule has 0 spiro atoms. The number of aromatic hydroxyl groups is 1. The number of nitrogens with zero attached hydrogens (tertiary/aromatic N) is 3. The fraction of sp³-hybridized carbons (Fsp3) is 0.304. The van der Waals surface area contributed by atoms with Crippen LogP contribution in [0.1, 0.15) is 29.9 Å². The molecule has 1 saturated heterocycles. The predicted octanol–water partition coefficient (Wildman–Crippen LogP) is 3.79. The SMILES string of the molecule is COc1ccc([C@H]2C(C#N)=C(N=CN3CCCC3)Oc3cc(O)ccc32)cc1OC. The number of phenolic OH excluding ortho intramolecular Hbond substituents is 1. The second-order valence-electron chi connectivity index (χ2n) is 7.19. The number of nitriles is 1. The fourth-order valence-corrected chi connectivity index (χ4v) is 3.87. The first-order valence-electron chi connectivity index (χ1n) is 9.79. The van der Waals surface area contributed by atoms with Crippen LogP contribution in [0, 0.1) is 11.3 Å². The zero-order valence-corrected chi connectivity index (χ0v) is 17.0. The number of likely N-dealkylation sites (tertiary alicyclic amines) is 1. The third-order valence-corrected chi connectivity index (χ3v) is 5.37. The van der Waals surface area contributed by atoms with Gasteiger partial charge in [0, 0.05) is 24.7 Å². The lowest BCUT2D eigenvalue weighted by Gasteiger charge is -2.27. The first-order chi connectivity index (χ1) is 14.6. The van der Waals surface area contributed by atoms with Gasteiger partial charge in [0.15, 0.2) is 11.5 Å². The van der Waals surface area contributed by atoms with Crippen molar-refractivity contribution < 1.29 is 19.3 Å². The largest absolute Gasteiger partial charge is 0.508 e. The second kappa shape index (κ2) is 8.37. The van der Waals surface area contributed by atoms with Crippen molar-refractivity contribution in [1.82, 2.24) is 4.90 Å². The first-order valence-corrected chi connectivity index (χ1v) is 9.79. The number of rotatable bonds is 5. The van der Waals surface area contributed by atoms with E-state index in [1.165, 1.54) is 0 Å². The minimum absolute atomic E-state index is 0.0862. The molecule has 1 fully saturated rings. The molecule has 30 heavy (non-hydrogen) atoms. The summed E-state index contributed by atoms with van der Waals surface area (Å²) < 4.78 is 16.7. The van der Waals surface area contributed by atoms with E-state index in [0.29, 0.717) is 22.8 Å². The Morgan fingerprint density at radius 2 is 1.90 bits per heavy atom. The van der Waals surface area contributed by atoms with Crippen molar-refractivity contribution in [3.8, 4) is 29.1 Å². The van der Waals surface area contributed by atoms with Crippen molar-refractivity contribution in [3.05, 3.63) is 59.0 Å². The molecular formula is C23H23N3O4. The summed E-state index contributed by atoms with van der Waals surface area (Å²) in [5.41, 5.74) is 2.01. The maximum Gasteiger partial charge on any atom is 0.235 e. The summed E-state index contributed by atoms with van der Waals surface area (Å²) in [7, 11) is 3.15. The quantitative estimate of drug-likeness (QED) is 0.602. The summed E-state index contributed by atoms with van der Waals surface area (Å²) >= 11 is 0. The molecule has 2 aliphatic heterocycles. The van der Waals surface area contributed by atoms with E-state index in [1.54, 1.807) is 38.8 Å². The van der Waals surface area contributed by atoms with E-state index in [9.17, 15) is 10.4 Å². The number of phenols is 1. The van der Waals surface area contributed by atoms with Gasteiger partial charge in [-0.25, -0.2) is 4.99 Å². The number of fused-ring (bicyclic) bond motifs is 1. The van der Waals surface area contributed by atoms with Crippen LogP contribution in [-0.2, 0) is 0 Å². The summed E-state index contributed by atoms with van der Waals surface area (Å²) in [4.78, 5) is 6.60. The van der Waals surface area contributed by atoms with Crippen LogP contribution in [0.2, 0.25) is 0 Å². The molecule has 0 unspecified atom stereocenters. The zero-order chi connectivity index (χ0) is 21.1. The Bertz CT molecular complexity index is 1050. The molecule has 7 nitrogen and oxygen atoms in total. The van der Waals surface area contributed by atoms with E-state index in [1.807, 2.05) is 18.2 Å². The molecule has 1 N–H and O–H groups in total. The molecule has 0 bridgehead atoms. The molecule has 7 heteroatoms. The van der Waals surface area contributed by atoms with E-state index in [-0.39, 0.29) is 11.6 Å². The summed E-state index contributed by atoms with van der Waals surface area (Å²) in [6.45, 7) is 1.88. The average molecular weight is 405 g/mol. The Balaban J connectivity index is 1.84. The lowest BCUT2D eigenvalue weighted by atomic mass is 9.83. The molecule has 2 aromatic carbocycles. The van der Waals surface area contributed by atoms with Crippen molar-refractivity contribution in [2.45, 2.75) is 18.8 Å². The van der Waals surface area contributed by atoms with Gasteiger partial charge in [0.1, 0.15) is 23.1 Å². The highest BCUT2D eigenvalue weighted by Gasteiger charge is 2.32.